The number of rotatable bonds is 5. The van der Waals surface area contributed by atoms with Gasteiger partial charge in [0.05, 0.1) is 11.6 Å². The zero-order valence-corrected chi connectivity index (χ0v) is 21.8. The smallest absolute Gasteiger partial charge is 0.320 e. The van der Waals surface area contributed by atoms with Gasteiger partial charge in [-0.1, -0.05) is 32.0 Å². The summed E-state index contributed by atoms with van der Waals surface area (Å²) in [7, 11) is 0. The molecule has 2 aromatic rings. The van der Waals surface area contributed by atoms with Crippen LogP contribution in [0.4, 0.5) is 14.9 Å². The molecule has 1 aliphatic carbocycles. The first-order valence-corrected chi connectivity index (χ1v) is 13.1. The Balaban J connectivity index is 0.000000383. The molecule has 7 heteroatoms. The van der Waals surface area contributed by atoms with Crippen LogP contribution in [0.3, 0.4) is 0 Å². The van der Waals surface area contributed by atoms with Gasteiger partial charge in [-0.15, -0.1) is 0 Å². The summed E-state index contributed by atoms with van der Waals surface area (Å²) in [6.45, 7) is 12.1. The zero-order chi connectivity index (χ0) is 25.9. The van der Waals surface area contributed by atoms with Crippen molar-refractivity contribution in [2.75, 3.05) is 44.6 Å². The van der Waals surface area contributed by atoms with Gasteiger partial charge < -0.3 is 15.5 Å². The van der Waals surface area contributed by atoms with E-state index < -0.39 is 0 Å². The summed E-state index contributed by atoms with van der Waals surface area (Å²) in [6, 6.07) is 16.1. The molecule has 1 aliphatic heterocycles. The highest BCUT2D eigenvalue weighted by molar-refractivity contribution is 5.89. The van der Waals surface area contributed by atoms with E-state index in [-0.39, 0.29) is 17.9 Å². The molecule has 2 aromatic carbocycles. The Morgan fingerprint density at radius 3 is 2.47 bits per heavy atom. The van der Waals surface area contributed by atoms with E-state index in [9.17, 15) is 9.18 Å². The van der Waals surface area contributed by atoms with E-state index in [2.05, 4.69) is 29.4 Å². The van der Waals surface area contributed by atoms with E-state index >= 15 is 0 Å². The first-order valence-electron chi connectivity index (χ1n) is 13.1. The lowest BCUT2D eigenvalue weighted by Gasteiger charge is -2.40. The third kappa shape index (κ3) is 8.32. The average molecular weight is 494 g/mol. The molecule has 0 radical (unpaired) electrons. The Kier molecular flexibility index (Phi) is 10.7. The Labute approximate surface area is 215 Å². The third-order valence-electron chi connectivity index (χ3n) is 7.45. The summed E-state index contributed by atoms with van der Waals surface area (Å²) in [5.41, 5.74) is 1.92. The van der Waals surface area contributed by atoms with Crippen LogP contribution >= 0.6 is 0 Å². The number of carbonyl (C=O) groups is 1. The van der Waals surface area contributed by atoms with Gasteiger partial charge >= 0.3 is 6.03 Å². The van der Waals surface area contributed by atoms with Gasteiger partial charge in [-0.2, -0.15) is 5.26 Å². The second-order valence-electron chi connectivity index (χ2n) is 10.1. The number of hydrogen-bond acceptors (Lipinski definition) is 4. The Bertz CT molecular complexity index is 1000. The topological polar surface area (TPSA) is 71.4 Å². The fraction of sp³-hybridized carbons (Fsp3) is 0.517. The first kappa shape index (κ1) is 27.6. The van der Waals surface area contributed by atoms with Crippen molar-refractivity contribution in [3.63, 3.8) is 0 Å². The highest BCUT2D eigenvalue weighted by atomic mass is 19.1. The van der Waals surface area contributed by atoms with Gasteiger partial charge in [-0.3, -0.25) is 4.90 Å². The minimum absolute atomic E-state index is 0.0621. The van der Waals surface area contributed by atoms with Crippen molar-refractivity contribution >= 4 is 11.7 Å². The number of nitrogens with zero attached hydrogens (tertiary/aromatic N) is 3. The molecule has 6 nitrogen and oxygen atoms in total. The van der Waals surface area contributed by atoms with Gasteiger partial charge in [-0.25, -0.2) is 9.18 Å². The maximum absolute atomic E-state index is 13.6. The quantitative estimate of drug-likeness (QED) is 0.596. The highest BCUT2D eigenvalue weighted by Crippen LogP contribution is 2.32. The molecule has 0 aromatic heterocycles. The summed E-state index contributed by atoms with van der Waals surface area (Å²) in [5.74, 6) is 1.10. The summed E-state index contributed by atoms with van der Waals surface area (Å²) >= 11 is 0. The van der Waals surface area contributed by atoms with Crippen LogP contribution in [0.1, 0.15) is 44.2 Å². The molecule has 194 valence electrons. The number of nitriles is 1. The lowest BCUT2D eigenvalue weighted by molar-refractivity contribution is 0.116. The average Bonchev–Trinajstić information content (AvgIpc) is 2.90. The third-order valence-corrected chi connectivity index (χ3v) is 7.45. The largest absolute Gasteiger partial charge is 0.322 e. The number of carbonyl (C=O) groups excluding carboxylic acids is 1. The van der Waals surface area contributed by atoms with Crippen LogP contribution in [0.5, 0.6) is 0 Å². The fourth-order valence-corrected chi connectivity index (χ4v) is 4.87. The number of urea groups is 1. The number of hydrogen-bond donors (Lipinski definition) is 2. The molecule has 0 bridgehead atoms. The number of benzene rings is 2. The van der Waals surface area contributed by atoms with Crippen molar-refractivity contribution in [1.29, 1.82) is 5.26 Å². The molecule has 3 atom stereocenters. The molecule has 2 amide bonds. The molecule has 36 heavy (non-hydrogen) atoms. The lowest BCUT2D eigenvalue weighted by Crippen LogP contribution is -2.51. The second kappa shape index (κ2) is 14.0. The summed E-state index contributed by atoms with van der Waals surface area (Å²) < 4.78 is 13.6. The molecule has 3 unspecified atom stereocenters. The van der Waals surface area contributed by atoms with Crippen molar-refractivity contribution in [2.24, 2.45) is 11.8 Å². The lowest BCUT2D eigenvalue weighted by atomic mass is 9.78. The van der Waals surface area contributed by atoms with Crippen LogP contribution in [0, 0.1) is 35.9 Å². The predicted molar refractivity (Wildman–Crippen MR) is 143 cm³/mol. The van der Waals surface area contributed by atoms with Gasteiger partial charge in [-0.05, 0) is 73.9 Å². The van der Waals surface area contributed by atoms with Crippen molar-refractivity contribution in [3.8, 4) is 6.07 Å². The molecule has 2 fully saturated rings. The van der Waals surface area contributed by atoms with Crippen LogP contribution in [-0.4, -0.2) is 61.1 Å². The van der Waals surface area contributed by atoms with Crippen LogP contribution in [0.25, 0.3) is 0 Å². The number of aryl methyl sites for hydroxylation is 1. The maximum atomic E-state index is 13.6. The van der Waals surface area contributed by atoms with Gasteiger partial charge in [0.2, 0.25) is 0 Å². The van der Waals surface area contributed by atoms with Crippen molar-refractivity contribution < 1.29 is 9.18 Å². The van der Waals surface area contributed by atoms with E-state index in [1.165, 1.54) is 12.5 Å². The van der Waals surface area contributed by atoms with E-state index in [0.29, 0.717) is 28.7 Å². The van der Waals surface area contributed by atoms with E-state index in [1.807, 2.05) is 29.2 Å². The maximum Gasteiger partial charge on any atom is 0.322 e. The molecular formula is C29H40FN5O. The Hall–Kier alpha value is -2.95. The predicted octanol–water partition coefficient (Wildman–Crippen LogP) is 5.26. The van der Waals surface area contributed by atoms with Crippen molar-refractivity contribution in [3.05, 3.63) is 65.5 Å². The summed E-state index contributed by atoms with van der Waals surface area (Å²) in [5, 5.41) is 14.7. The number of anilines is 1. The SMILES string of the molecule is Cc1cc(NC(=O)N(CCN2CCNCC2)C2CCC(C)C(C)C2)ccc1F.N#Cc1ccccc1. The number of nitrogens with one attached hydrogen (secondary N) is 2. The minimum Gasteiger partial charge on any atom is -0.320 e. The number of amides is 2. The molecule has 2 N–H and O–H groups in total. The normalized spacial score (nSPS) is 22.0. The molecule has 2 aliphatic rings. The van der Waals surface area contributed by atoms with Gasteiger partial charge in [0.15, 0.2) is 0 Å². The summed E-state index contributed by atoms with van der Waals surface area (Å²) in [4.78, 5) is 17.6. The van der Waals surface area contributed by atoms with Crippen molar-refractivity contribution in [2.45, 2.75) is 46.1 Å². The van der Waals surface area contributed by atoms with E-state index in [0.717, 1.165) is 52.1 Å². The molecular weight excluding hydrogens is 453 g/mol. The van der Waals surface area contributed by atoms with E-state index in [4.69, 9.17) is 5.26 Å². The second-order valence-corrected chi connectivity index (χ2v) is 10.1. The molecule has 4 rings (SSSR count). The zero-order valence-electron chi connectivity index (χ0n) is 21.8. The van der Waals surface area contributed by atoms with Crippen molar-refractivity contribution in [1.82, 2.24) is 15.1 Å². The first-order chi connectivity index (χ1) is 17.4. The van der Waals surface area contributed by atoms with Crippen LogP contribution in [0.2, 0.25) is 0 Å². The molecule has 1 heterocycles. The van der Waals surface area contributed by atoms with Crippen LogP contribution in [0.15, 0.2) is 48.5 Å². The number of piperazine rings is 1. The standard InChI is InChI=1S/C22H35FN4O.C7H5N/c1-16-4-6-20(15-17(16)2)27(13-12-26-10-8-24-9-11-26)22(28)25-19-5-7-21(23)18(3)14-19;8-6-7-4-2-1-3-5-7/h5,7,14,16-17,20,24H,4,6,8-13,15H2,1-3H3,(H,25,28);1-5H. The van der Waals surface area contributed by atoms with Crippen LogP contribution < -0.4 is 10.6 Å². The fourth-order valence-electron chi connectivity index (χ4n) is 4.87. The highest BCUT2D eigenvalue weighted by Gasteiger charge is 2.31. The Morgan fingerprint density at radius 1 is 1.14 bits per heavy atom. The monoisotopic (exact) mass is 493 g/mol. The molecule has 1 saturated carbocycles. The van der Waals surface area contributed by atoms with Gasteiger partial charge in [0, 0.05) is 51.0 Å². The molecule has 0 spiro atoms. The van der Waals surface area contributed by atoms with Gasteiger partial charge in [0.25, 0.3) is 0 Å². The Morgan fingerprint density at radius 2 is 1.86 bits per heavy atom. The van der Waals surface area contributed by atoms with Gasteiger partial charge in [0.1, 0.15) is 5.82 Å². The number of halogens is 1. The van der Waals surface area contributed by atoms with E-state index in [1.54, 1.807) is 31.2 Å². The molecule has 1 saturated heterocycles. The summed E-state index contributed by atoms with van der Waals surface area (Å²) in [6.07, 6.45) is 3.28. The minimum atomic E-state index is -0.247. The van der Waals surface area contributed by atoms with Crippen LogP contribution in [-0.2, 0) is 0 Å².